The molecule has 0 N–H and O–H groups in total. The summed E-state index contributed by atoms with van der Waals surface area (Å²) in [4.78, 5) is 41.6. The van der Waals surface area contributed by atoms with Crippen molar-refractivity contribution in [1.82, 2.24) is 4.90 Å². The lowest BCUT2D eigenvalue weighted by molar-refractivity contribution is -0.133. The van der Waals surface area contributed by atoms with Gasteiger partial charge in [0.25, 0.3) is 5.91 Å². The molecule has 1 heterocycles. The van der Waals surface area contributed by atoms with E-state index in [1.165, 1.54) is 22.2 Å². The number of hydrogen-bond donors (Lipinski definition) is 0. The summed E-state index contributed by atoms with van der Waals surface area (Å²) in [5.41, 5.74) is 3.20. The van der Waals surface area contributed by atoms with Crippen molar-refractivity contribution in [2.24, 2.45) is 0 Å². The Labute approximate surface area is 210 Å². The number of esters is 1. The summed E-state index contributed by atoms with van der Waals surface area (Å²) >= 11 is 1.26. The maximum atomic E-state index is 12.9. The van der Waals surface area contributed by atoms with E-state index < -0.39 is 12.6 Å². The zero-order valence-corrected chi connectivity index (χ0v) is 21.2. The second kappa shape index (κ2) is 11.2. The second-order valence-corrected chi connectivity index (χ2v) is 9.80. The molecule has 0 saturated heterocycles. The Kier molecular flexibility index (Phi) is 8.36. The number of ketones is 1. The third-order valence-corrected chi connectivity index (χ3v) is 7.12. The highest BCUT2D eigenvalue weighted by atomic mass is 32.2. The summed E-state index contributed by atoms with van der Waals surface area (Å²) in [6.07, 6.45) is 1.89. The number of para-hydroxylation sites is 1. The van der Waals surface area contributed by atoms with Crippen LogP contribution >= 0.6 is 11.8 Å². The van der Waals surface area contributed by atoms with E-state index >= 15 is 0 Å². The van der Waals surface area contributed by atoms with Gasteiger partial charge >= 0.3 is 5.97 Å². The van der Waals surface area contributed by atoms with Crippen molar-refractivity contribution in [3.8, 4) is 6.07 Å². The van der Waals surface area contributed by atoms with Crippen molar-refractivity contribution in [1.29, 1.82) is 5.26 Å². The maximum Gasteiger partial charge on any atom is 0.339 e. The summed E-state index contributed by atoms with van der Waals surface area (Å²) < 4.78 is 5.19. The number of rotatable bonds is 9. The summed E-state index contributed by atoms with van der Waals surface area (Å²) in [5.74, 6) is -0.919. The molecule has 0 spiro atoms. The van der Waals surface area contributed by atoms with Crippen LogP contribution in [0.3, 0.4) is 0 Å². The summed E-state index contributed by atoms with van der Waals surface area (Å²) in [7, 11) is 3.52. The average Bonchev–Trinajstić information content (AvgIpc) is 3.05. The fraction of sp³-hybridized carbons (Fsp3) is 0.333. The zero-order chi connectivity index (χ0) is 25.6. The Bertz CT molecular complexity index is 1200. The van der Waals surface area contributed by atoms with Gasteiger partial charge in [-0.05, 0) is 23.8 Å². The molecule has 3 rings (SSSR count). The molecule has 2 aromatic rings. The minimum atomic E-state index is -0.631. The molecule has 0 unspecified atom stereocenters. The number of thioether (sulfide) groups is 1. The third kappa shape index (κ3) is 5.92. The molecular formula is C27H29N3O4S. The fourth-order valence-electron chi connectivity index (χ4n) is 4.02. The first-order chi connectivity index (χ1) is 16.7. The van der Waals surface area contributed by atoms with Crippen molar-refractivity contribution < 1.29 is 19.1 Å². The molecule has 182 valence electrons. The second-order valence-electron chi connectivity index (χ2n) is 8.78. The summed E-state index contributed by atoms with van der Waals surface area (Å²) in [6, 6.07) is 16.9. The Morgan fingerprint density at radius 1 is 1.14 bits per heavy atom. The van der Waals surface area contributed by atoms with Gasteiger partial charge in [-0.15, -0.1) is 11.8 Å². The molecule has 0 atom stereocenters. The number of ether oxygens (including phenoxy) is 1. The first-order valence-electron chi connectivity index (χ1n) is 11.2. The molecule has 0 radical (unpaired) electrons. The smallest absolute Gasteiger partial charge is 0.339 e. The van der Waals surface area contributed by atoms with Gasteiger partial charge in [-0.2, -0.15) is 5.26 Å². The maximum absolute atomic E-state index is 12.9. The summed E-state index contributed by atoms with van der Waals surface area (Å²) in [5, 5.41) is 8.64. The number of nitriles is 1. The van der Waals surface area contributed by atoms with E-state index in [-0.39, 0.29) is 35.8 Å². The number of allylic oxidation sites excluding steroid dienone is 2. The molecule has 0 bridgehead atoms. The molecule has 8 heteroatoms. The standard InChI is InChI=1S/C27H29N3O4S/c1-27(2)21-11-6-7-12-22(21)30(4)24(27)16-19(31)18-35-23-13-8-5-10-20(23)26(33)34-17-25(32)29(3)15-9-14-28/h5-8,10-13,16H,9,15,17-18H2,1-4H3/b24-16-. The van der Waals surface area contributed by atoms with Crippen molar-refractivity contribution in [3.63, 3.8) is 0 Å². The van der Waals surface area contributed by atoms with Gasteiger partial charge in [0.15, 0.2) is 12.4 Å². The van der Waals surface area contributed by atoms with Gasteiger partial charge in [0, 0.05) is 48.4 Å². The first kappa shape index (κ1) is 26.0. The normalized spacial score (nSPS) is 14.8. The lowest BCUT2D eigenvalue weighted by Crippen LogP contribution is -2.32. The quantitative estimate of drug-likeness (QED) is 0.295. The minimum Gasteiger partial charge on any atom is -0.452 e. The molecule has 1 aliphatic heterocycles. The number of anilines is 1. The molecule has 7 nitrogen and oxygen atoms in total. The van der Waals surface area contributed by atoms with Gasteiger partial charge in [0.05, 0.1) is 23.8 Å². The molecule has 0 saturated carbocycles. The van der Waals surface area contributed by atoms with Crippen molar-refractivity contribution in [2.75, 3.05) is 37.9 Å². The van der Waals surface area contributed by atoms with Gasteiger partial charge in [-0.25, -0.2) is 4.79 Å². The van der Waals surface area contributed by atoms with Crippen molar-refractivity contribution in [2.45, 2.75) is 30.6 Å². The Balaban J connectivity index is 1.64. The Morgan fingerprint density at radius 2 is 1.83 bits per heavy atom. The predicted molar refractivity (Wildman–Crippen MR) is 136 cm³/mol. The van der Waals surface area contributed by atoms with Crippen LogP contribution in [0.1, 0.15) is 36.2 Å². The predicted octanol–water partition coefficient (Wildman–Crippen LogP) is 4.19. The number of nitrogens with zero attached hydrogens (tertiary/aromatic N) is 3. The van der Waals surface area contributed by atoms with Gasteiger partial charge in [-0.1, -0.05) is 44.2 Å². The van der Waals surface area contributed by atoms with Gasteiger partial charge in [0.2, 0.25) is 0 Å². The number of benzene rings is 2. The minimum absolute atomic E-state index is 0.0600. The molecule has 0 aromatic heterocycles. The third-order valence-electron chi connectivity index (χ3n) is 6.03. The van der Waals surface area contributed by atoms with Crippen LogP contribution in [0.4, 0.5) is 5.69 Å². The van der Waals surface area contributed by atoms with Crippen LogP contribution in [0.5, 0.6) is 0 Å². The number of carbonyl (C=O) groups is 3. The van der Waals surface area contributed by atoms with E-state index in [1.807, 2.05) is 36.2 Å². The van der Waals surface area contributed by atoms with E-state index in [4.69, 9.17) is 10.00 Å². The number of carbonyl (C=O) groups excluding carboxylic acids is 3. The monoisotopic (exact) mass is 491 g/mol. The van der Waals surface area contributed by atoms with Crippen LogP contribution in [0.25, 0.3) is 0 Å². The van der Waals surface area contributed by atoms with E-state index in [9.17, 15) is 14.4 Å². The van der Waals surface area contributed by atoms with Gasteiger partial charge < -0.3 is 14.5 Å². The highest BCUT2D eigenvalue weighted by Gasteiger charge is 2.38. The Hall–Kier alpha value is -3.57. The molecule has 2 aromatic carbocycles. The van der Waals surface area contributed by atoms with Crippen molar-refractivity contribution in [3.05, 3.63) is 71.4 Å². The van der Waals surface area contributed by atoms with Crippen LogP contribution in [0.15, 0.2) is 65.2 Å². The SMILES string of the molecule is CN(CCC#N)C(=O)COC(=O)c1ccccc1SCC(=O)/C=C1\N(C)c2ccccc2C1(C)C. The van der Waals surface area contributed by atoms with Gasteiger partial charge in [0.1, 0.15) is 0 Å². The molecule has 35 heavy (non-hydrogen) atoms. The average molecular weight is 492 g/mol. The topological polar surface area (TPSA) is 90.7 Å². The largest absolute Gasteiger partial charge is 0.452 e. The van der Waals surface area contributed by atoms with Crippen LogP contribution < -0.4 is 4.90 Å². The van der Waals surface area contributed by atoms with E-state index in [2.05, 4.69) is 19.9 Å². The van der Waals surface area contributed by atoms with E-state index in [0.29, 0.717) is 10.5 Å². The zero-order valence-electron chi connectivity index (χ0n) is 20.4. The Morgan fingerprint density at radius 3 is 2.54 bits per heavy atom. The van der Waals surface area contributed by atoms with Crippen LogP contribution in [0, 0.1) is 11.3 Å². The van der Waals surface area contributed by atoms with Crippen LogP contribution in [-0.4, -0.2) is 55.6 Å². The molecular weight excluding hydrogens is 462 g/mol. The number of fused-ring (bicyclic) bond motifs is 1. The van der Waals surface area contributed by atoms with Crippen LogP contribution in [0.2, 0.25) is 0 Å². The lowest BCUT2D eigenvalue weighted by Gasteiger charge is -2.24. The number of hydrogen-bond acceptors (Lipinski definition) is 7. The number of likely N-dealkylation sites (N-methyl/N-ethyl adjacent to an activating group) is 2. The molecule has 1 amide bonds. The summed E-state index contributed by atoms with van der Waals surface area (Å²) in [6.45, 7) is 4.07. The highest BCUT2D eigenvalue weighted by Crippen LogP contribution is 2.46. The first-order valence-corrected chi connectivity index (χ1v) is 12.2. The highest BCUT2D eigenvalue weighted by molar-refractivity contribution is 8.00. The van der Waals surface area contributed by atoms with E-state index in [1.54, 1.807) is 37.4 Å². The van der Waals surface area contributed by atoms with E-state index in [0.717, 1.165) is 11.4 Å². The lowest BCUT2D eigenvalue weighted by atomic mass is 9.83. The van der Waals surface area contributed by atoms with Gasteiger partial charge in [-0.3, -0.25) is 9.59 Å². The fourth-order valence-corrected chi connectivity index (χ4v) is 4.88. The molecule has 1 aliphatic rings. The van der Waals surface area contributed by atoms with Crippen LogP contribution in [-0.2, 0) is 19.7 Å². The van der Waals surface area contributed by atoms with Crippen molar-refractivity contribution >= 4 is 35.1 Å². The number of amides is 1. The molecule has 0 fully saturated rings. The molecule has 0 aliphatic carbocycles.